The van der Waals surface area contributed by atoms with Crippen molar-refractivity contribution in [3.05, 3.63) is 88.3 Å². The molecule has 1 saturated heterocycles. The molecule has 2 aromatic carbocycles. The van der Waals surface area contributed by atoms with E-state index in [1.165, 1.54) is 24.4 Å². The van der Waals surface area contributed by atoms with Crippen LogP contribution < -0.4 is 9.47 Å². The fourth-order valence-corrected chi connectivity index (χ4v) is 5.90. The molecule has 0 bridgehead atoms. The number of rotatable bonds is 8. The maximum Gasteiger partial charge on any atom is 0.451 e. The first-order valence-electron chi connectivity index (χ1n) is 14.5. The van der Waals surface area contributed by atoms with E-state index in [1.54, 1.807) is 26.2 Å². The van der Waals surface area contributed by atoms with E-state index in [0.717, 1.165) is 42.8 Å². The molecule has 2 aliphatic rings. The summed E-state index contributed by atoms with van der Waals surface area (Å²) in [5, 5.41) is 14.8. The highest BCUT2D eigenvalue weighted by atomic mass is 19.4. The van der Waals surface area contributed by atoms with Crippen LogP contribution in [-0.2, 0) is 29.7 Å². The van der Waals surface area contributed by atoms with Crippen LogP contribution in [0.2, 0.25) is 0 Å². The predicted octanol–water partition coefficient (Wildman–Crippen LogP) is 6.11. The molecule has 1 fully saturated rings. The van der Waals surface area contributed by atoms with Gasteiger partial charge in [0.25, 0.3) is 5.79 Å². The van der Waals surface area contributed by atoms with Crippen molar-refractivity contribution in [3.8, 4) is 29.0 Å². The van der Waals surface area contributed by atoms with Gasteiger partial charge < -0.3 is 14.2 Å². The van der Waals surface area contributed by atoms with E-state index < -0.39 is 23.6 Å². The highest BCUT2D eigenvalue weighted by molar-refractivity contribution is 5.55. The zero-order valence-electron chi connectivity index (χ0n) is 24.6. The number of benzene rings is 2. The van der Waals surface area contributed by atoms with E-state index in [2.05, 4.69) is 20.0 Å². The number of alkyl halides is 3. The Morgan fingerprint density at radius 1 is 1.16 bits per heavy atom. The van der Waals surface area contributed by atoms with Crippen LogP contribution in [0, 0.1) is 17.1 Å². The quantitative estimate of drug-likeness (QED) is 0.235. The van der Waals surface area contributed by atoms with Gasteiger partial charge in [-0.1, -0.05) is 12.1 Å². The molecule has 4 aromatic rings. The average Bonchev–Trinajstić information content (AvgIpc) is 3.66. The molecule has 1 N–H and O–H groups in total. The van der Waals surface area contributed by atoms with Crippen molar-refractivity contribution < 1.29 is 31.8 Å². The third-order valence-electron chi connectivity index (χ3n) is 8.25. The van der Waals surface area contributed by atoms with Crippen LogP contribution in [0.5, 0.6) is 11.5 Å². The highest BCUT2D eigenvalue weighted by Crippen LogP contribution is 2.49. The second-order valence-corrected chi connectivity index (χ2v) is 11.3. The second kappa shape index (κ2) is 12.1. The standard InChI is InChI=1S/C32H30F4N6O3/c1-31(24-7-6-19(16-37)14-25(24)33)44-27-5-3-4-23(28(27)45-31)20-8-11-42(12-9-20)18-26-21(10-13-43-2)15-22(17-38-26)29-39-30(41-40-29)32(34,35)36/h3-7,14-15,17,20H,8-13,18H2,1-2H3,(H,39,40,41)/t31-/m0/s1. The van der Waals surface area contributed by atoms with E-state index in [1.807, 2.05) is 23.3 Å². The topological polar surface area (TPSA) is 109 Å². The summed E-state index contributed by atoms with van der Waals surface area (Å²) >= 11 is 0. The SMILES string of the molecule is COCCc1cc(-c2n[nH]c(C(F)(F)F)n2)cnc1CN1CCC(c2cccc3c2O[C@@](C)(c2ccc(C#N)cc2F)O3)CC1. The summed E-state index contributed by atoms with van der Waals surface area (Å²) in [6, 6.07) is 13.7. The Kier molecular flexibility index (Phi) is 8.20. The molecule has 0 amide bonds. The Hall–Kier alpha value is -4.54. The molecular formula is C32H30F4N6O3. The van der Waals surface area contributed by atoms with E-state index in [0.29, 0.717) is 36.6 Å². The van der Waals surface area contributed by atoms with Crippen LogP contribution in [0.3, 0.4) is 0 Å². The van der Waals surface area contributed by atoms with Crippen molar-refractivity contribution in [2.75, 3.05) is 26.8 Å². The number of para-hydroxylation sites is 1. The van der Waals surface area contributed by atoms with Crippen LogP contribution >= 0.6 is 0 Å². The number of nitriles is 1. The van der Waals surface area contributed by atoms with Crippen LogP contribution in [-0.4, -0.2) is 51.9 Å². The number of hydrogen-bond acceptors (Lipinski definition) is 8. The zero-order valence-corrected chi connectivity index (χ0v) is 24.6. The molecule has 6 rings (SSSR count). The molecule has 0 radical (unpaired) electrons. The van der Waals surface area contributed by atoms with Crippen molar-refractivity contribution in [1.82, 2.24) is 25.1 Å². The molecule has 4 heterocycles. The number of halogens is 4. The van der Waals surface area contributed by atoms with Crippen molar-refractivity contribution >= 4 is 0 Å². The van der Waals surface area contributed by atoms with Crippen LogP contribution in [0.15, 0.2) is 48.7 Å². The lowest BCUT2D eigenvalue weighted by Gasteiger charge is -2.33. The highest BCUT2D eigenvalue weighted by Gasteiger charge is 2.43. The lowest BCUT2D eigenvalue weighted by molar-refractivity contribution is -0.144. The van der Waals surface area contributed by atoms with E-state index in [-0.39, 0.29) is 22.9 Å². The van der Waals surface area contributed by atoms with Gasteiger partial charge in [-0.3, -0.25) is 15.0 Å². The predicted molar refractivity (Wildman–Crippen MR) is 154 cm³/mol. The maximum absolute atomic E-state index is 14.9. The molecule has 2 aliphatic heterocycles. The minimum atomic E-state index is -4.62. The first-order chi connectivity index (χ1) is 21.6. The number of nitrogens with one attached hydrogen (secondary N) is 1. The van der Waals surface area contributed by atoms with Gasteiger partial charge in [-0.2, -0.15) is 23.5 Å². The number of likely N-dealkylation sites (tertiary alicyclic amines) is 1. The van der Waals surface area contributed by atoms with Crippen molar-refractivity contribution in [3.63, 3.8) is 0 Å². The molecule has 9 nitrogen and oxygen atoms in total. The summed E-state index contributed by atoms with van der Waals surface area (Å²) < 4.78 is 71.7. The number of aromatic amines is 1. The Morgan fingerprint density at radius 2 is 1.96 bits per heavy atom. The summed E-state index contributed by atoms with van der Waals surface area (Å²) in [6.45, 7) is 4.21. The molecule has 0 unspecified atom stereocenters. The summed E-state index contributed by atoms with van der Waals surface area (Å²) in [7, 11) is 1.59. The second-order valence-electron chi connectivity index (χ2n) is 11.3. The summed E-state index contributed by atoms with van der Waals surface area (Å²) in [5.41, 5.74) is 3.49. The molecule has 45 heavy (non-hydrogen) atoms. The van der Waals surface area contributed by atoms with Gasteiger partial charge in [0.2, 0.25) is 5.82 Å². The van der Waals surface area contributed by atoms with E-state index in [9.17, 15) is 17.6 Å². The Labute approximate surface area is 256 Å². The third kappa shape index (κ3) is 6.21. The minimum Gasteiger partial charge on any atom is -0.444 e. The summed E-state index contributed by atoms with van der Waals surface area (Å²) in [4.78, 5) is 10.5. The van der Waals surface area contributed by atoms with Gasteiger partial charge in [0.05, 0.1) is 29.5 Å². The van der Waals surface area contributed by atoms with E-state index in [4.69, 9.17) is 19.5 Å². The molecule has 1 atom stereocenters. The lowest BCUT2D eigenvalue weighted by atomic mass is 9.88. The van der Waals surface area contributed by atoms with Crippen molar-refractivity contribution in [2.45, 2.75) is 50.6 Å². The number of H-pyrrole nitrogens is 1. The van der Waals surface area contributed by atoms with Gasteiger partial charge in [0, 0.05) is 37.9 Å². The van der Waals surface area contributed by atoms with E-state index >= 15 is 0 Å². The number of nitrogens with zero attached hydrogens (tertiary/aromatic N) is 5. The normalized spacial score (nSPS) is 18.7. The number of methoxy groups -OCH3 is 1. The number of piperidine rings is 1. The number of pyridine rings is 1. The Bertz CT molecular complexity index is 1750. The van der Waals surface area contributed by atoms with Crippen LogP contribution in [0.1, 0.15) is 59.5 Å². The van der Waals surface area contributed by atoms with Gasteiger partial charge >= 0.3 is 6.18 Å². The molecule has 0 aliphatic carbocycles. The largest absolute Gasteiger partial charge is 0.451 e. The molecule has 0 spiro atoms. The minimum absolute atomic E-state index is 0.0690. The van der Waals surface area contributed by atoms with Gasteiger partial charge in [0.1, 0.15) is 5.82 Å². The molecule has 13 heteroatoms. The average molecular weight is 623 g/mol. The number of fused-ring (bicyclic) bond motifs is 1. The zero-order chi connectivity index (χ0) is 31.8. The number of aromatic nitrogens is 4. The lowest BCUT2D eigenvalue weighted by Crippen LogP contribution is -2.34. The van der Waals surface area contributed by atoms with Gasteiger partial charge in [-0.15, -0.1) is 0 Å². The molecule has 2 aromatic heterocycles. The fourth-order valence-electron chi connectivity index (χ4n) is 5.90. The summed E-state index contributed by atoms with van der Waals surface area (Å²) in [6.07, 6.45) is -0.910. The van der Waals surface area contributed by atoms with Gasteiger partial charge in [-0.25, -0.2) is 9.37 Å². The van der Waals surface area contributed by atoms with Gasteiger partial charge in [0.15, 0.2) is 17.3 Å². The maximum atomic E-state index is 14.9. The first-order valence-corrected chi connectivity index (χ1v) is 14.5. The molecule has 234 valence electrons. The monoisotopic (exact) mass is 622 g/mol. The van der Waals surface area contributed by atoms with Crippen LogP contribution in [0.25, 0.3) is 11.4 Å². The Balaban J connectivity index is 1.15. The smallest absolute Gasteiger partial charge is 0.444 e. The molecular weight excluding hydrogens is 592 g/mol. The van der Waals surface area contributed by atoms with Crippen molar-refractivity contribution in [2.24, 2.45) is 0 Å². The summed E-state index contributed by atoms with van der Waals surface area (Å²) in [5.74, 6) is -1.84. The number of hydrogen-bond donors (Lipinski definition) is 1. The van der Waals surface area contributed by atoms with Crippen molar-refractivity contribution in [1.29, 1.82) is 5.26 Å². The van der Waals surface area contributed by atoms with Gasteiger partial charge in [-0.05, 0) is 74.2 Å². The third-order valence-corrected chi connectivity index (χ3v) is 8.25. The molecule has 0 saturated carbocycles. The van der Waals surface area contributed by atoms with Crippen LogP contribution in [0.4, 0.5) is 17.6 Å². The first kappa shape index (κ1) is 30.5. The number of ether oxygens (including phenoxy) is 3. The fraction of sp³-hybridized carbons (Fsp3) is 0.375. The Morgan fingerprint density at radius 3 is 2.64 bits per heavy atom.